The van der Waals surface area contributed by atoms with Gasteiger partial charge in [0.05, 0.1) is 60.6 Å². The molecule has 1 aliphatic carbocycles. The first-order valence-corrected chi connectivity index (χ1v) is 17.5. The highest BCUT2D eigenvalue weighted by Crippen LogP contribution is 2.51. The molecular formula is C34H34F2N8O3S. The van der Waals surface area contributed by atoms with Gasteiger partial charge in [0.25, 0.3) is 0 Å². The van der Waals surface area contributed by atoms with Crippen LogP contribution in [0, 0.1) is 33.8 Å². The summed E-state index contributed by atoms with van der Waals surface area (Å²) in [6.45, 7) is 7.25. The van der Waals surface area contributed by atoms with E-state index in [0.717, 1.165) is 94.7 Å². The Labute approximate surface area is 279 Å². The number of benzene rings is 1. The van der Waals surface area contributed by atoms with E-state index in [1.54, 1.807) is 0 Å². The van der Waals surface area contributed by atoms with E-state index >= 15 is 4.39 Å². The normalized spacial score (nSPS) is 24.9. The smallest absolute Gasteiger partial charge is 0.319 e. The fourth-order valence-corrected chi connectivity index (χ4v) is 9.73. The van der Waals surface area contributed by atoms with Gasteiger partial charge in [-0.25, -0.2) is 8.78 Å². The average Bonchev–Trinajstić information content (AvgIpc) is 3.35. The van der Waals surface area contributed by atoms with Gasteiger partial charge in [0.15, 0.2) is 11.6 Å². The molecule has 2 bridgehead atoms. The molecule has 48 heavy (non-hydrogen) atoms. The van der Waals surface area contributed by atoms with Crippen LogP contribution < -0.4 is 20.7 Å². The fourth-order valence-electron chi connectivity index (χ4n) is 8.81. The number of nitrogen functional groups attached to an aromatic ring is 1. The molecule has 1 spiro atoms. The van der Waals surface area contributed by atoms with Crippen molar-refractivity contribution in [2.45, 2.75) is 51.0 Å². The van der Waals surface area contributed by atoms with E-state index in [1.165, 1.54) is 0 Å². The Hall–Kier alpha value is -3.74. The highest BCUT2D eigenvalue weighted by Gasteiger charge is 2.53. The summed E-state index contributed by atoms with van der Waals surface area (Å²) < 4.78 is 50.4. The molecule has 8 heterocycles. The third-order valence-corrected chi connectivity index (χ3v) is 12.4. The molecule has 3 aromatic heterocycles. The van der Waals surface area contributed by atoms with Gasteiger partial charge in [-0.05, 0) is 36.8 Å². The van der Waals surface area contributed by atoms with E-state index in [0.29, 0.717) is 28.8 Å². The van der Waals surface area contributed by atoms with E-state index in [1.807, 2.05) is 0 Å². The monoisotopic (exact) mass is 672 g/mol. The molecule has 0 amide bonds. The van der Waals surface area contributed by atoms with Gasteiger partial charge in [0, 0.05) is 66.6 Å². The van der Waals surface area contributed by atoms with Crippen LogP contribution in [0.1, 0.15) is 42.4 Å². The molecule has 10 rings (SSSR count). The predicted molar refractivity (Wildman–Crippen MR) is 175 cm³/mol. The molecule has 1 aromatic carbocycles. The minimum absolute atomic E-state index is 0.0322. The molecular weight excluding hydrogens is 638 g/mol. The number of hydrogen-bond acceptors (Lipinski definition) is 12. The third-order valence-electron chi connectivity index (χ3n) is 11.4. The van der Waals surface area contributed by atoms with Crippen molar-refractivity contribution in [2.75, 3.05) is 63.2 Å². The summed E-state index contributed by atoms with van der Waals surface area (Å²) >= 11 is 0.960. The van der Waals surface area contributed by atoms with Crippen LogP contribution in [0.2, 0.25) is 0 Å². The second kappa shape index (κ2) is 10.4. The first-order chi connectivity index (χ1) is 23.4. The van der Waals surface area contributed by atoms with Gasteiger partial charge < -0.3 is 35.1 Å². The summed E-state index contributed by atoms with van der Waals surface area (Å²) in [5.41, 5.74) is 8.43. The summed E-state index contributed by atoms with van der Waals surface area (Å²) in [5.74, 6) is -0.557. The molecule has 6 aliphatic rings. The molecule has 1 saturated carbocycles. The number of thiophene rings is 1. The van der Waals surface area contributed by atoms with E-state index in [9.17, 15) is 9.65 Å². The SMILES string of the molecule is N#Cc1c(N)sc2c(F)cnc(-c3c4c(c5c(N6C7CCC6CNC7)nc(OCC6(CN7CC8(COC8)C7)CC6)nc5c3F)COC4)c12. The Morgan fingerprint density at radius 3 is 2.56 bits per heavy atom. The lowest BCUT2D eigenvalue weighted by atomic mass is 9.77. The molecule has 3 N–H and O–H groups in total. The van der Waals surface area contributed by atoms with Gasteiger partial charge in [0.2, 0.25) is 0 Å². The van der Waals surface area contributed by atoms with Gasteiger partial charge in [-0.2, -0.15) is 15.2 Å². The van der Waals surface area contributed by atoms with Gasteiger partial charge in [-0.3, -0.25) is 4.98 Å². The van der Waals surface area contributed by atoms with Gasteiger partial charge >= 0.3 is 6.01 Å². The Morgan fingerprint density at radius 2 is 1.85 bits per heavy atom. The molecule has 11 nitrogen and oxygen atoms in total. The maximum atomic E-state index is 17.3. The number of rotatable bonds is 7. The molecule has 5 aliphatic heterocycles. The van der Waals surface area contributed by atoms with Crippen molar-refractivity contribution in [2.24, 2.45) is 10.8 Å². The summed E-state index contributed by atoms with van der Waals surface area (Å²) in [5, 5.41) is 14.5. The van der Waals surface area contributed by atoms with Crippen molar-refractivity contribution in [3.63, 3.8) is 0 Å². The van der Waals surface area contributed by atoms with Crippen LogP contribution in [0.15, 0.2) is 6.20 Å². The number of nitrogens with two attached hydrogens (primary N) is 1. The summed E-state index contributed by atoms with van der Waals surface area (Å²) in [6.07, 6.45) is 5.22. The van der Waals surface area contributed by atoms with Crippen molar-refractivity contribution in [3.8, 4) is 23.3 Å². The Balaban J connectivity index is 1.11. The number of piperazine rings is 1. The number of pyridine rings is 1. The predicted octanol–water partition coefficient (Wildman–Crippen LogP) is 4.10. The zero-order valence-corrected chi connectivity index (χ0v) is 27.1. The topological polar surface area (TPSA) is 135 Å². The second-order valence-electron chi connectivity index (χ2n) is 14.7. The van der Waals surface area contributed by atoms with E-state index in [2.05, 4.69) is 26.2 Å². The molecule has 4 aromatic rings. The third kappa shape index (κ3) is 4.24. The Morgan fingerprint density at radius 1 is 1.08 bits per heavy atom. The zero-order chi connectivity index (χ0) is 32.4. The van der Waals surface area contributed by atoms with E-state index in [4.69, 9.17) is 29.9 Å². The number of nitrogens with one attached hydrogen (secondary N) is 1. The quantitative estimate of drug-likeness (QED) is 0.294. The molecule has 0 radical (unpaired) electrons. The first-order valence-electron chi connectivity index (χ1n) is 16.7. The molecule has 2 atom stereocenters. The van der Waals surface area contributed by atoms with Crippen molar-refractivity contribution < 1.29 is 23.0 Å². The summed E-state index contributed by atoms with van der Waals surface area (Å²) in [7, 11) is 0. The Bertz CT molecular complexity index is 2050. The zero-order valence-electron chi connectivity index (χ0n) is 26.3. The lowest BCUT2D eigenvalue weighted by molar-refractivity contribution is -0.192. The number of likely N-dealkylation sites (tertiary alicyclic amines) is 1. The van der Waals surface area contributed by atoms with E-state index < -0.39 is 11.6 Å². The van der Waals surface area contributed by atoms with Crippen molar-refractivity contribution in [1.29, 1.82) is 5.26 Å². The van der Waals surface area contributed by atoms with Crippen LogP contribution in [0.5, 0.6) is 6.01 Å². The number of anilines is 2. The number of nitrogens with zero attached hydrogens (tertiary/aromatic N) is 6. The number of hydrogen-bond donors (Lipinski definition) is 2. The van der Waals surface area contributed by atoms with Crippen molar-refractivity contribution in [3.05, 3.63) is 34.5 Å². The number of halogens is 2. The molecule has 14 heteroatoms. The highest BCUT2D eigenvalue weighted by atomic mass is 32.1. The lowest BCUT2D eigenvalue weighted by Gasteiger charge is -2.55. The minimum atomic E-state index is -0.617. The maximum absolute atomic E-state index is 17.3. The highest BCUT2D eigenvalue weighted by molar-refractivity contribution is 7.23. The van der Waals surface area contributed by atoms with Gasteiger partial charge in [-0.15, -0.1) is 11.3 Å². The second-order valence-corrected chi connectivity index (χ2v) is 15.7. The van der Waals surface area contributed by atoms with Crippen LogP contribution in [0.4, 0.5) is 19.6 Å². The largest absolute Gasteiger partial charge is 0.463 e. The maximum Gasteiger partial charge on any atom is 0.319 e. The Kier molecular flexibility index (Phi) is 6.32. The molecule has 248 valence electrons. The number of fused-ring (bicyclic) bond motifs is 6. The number of ether oxygens (including phenoxy) is 3. The number of nitriles is 1. The first kappa shape index (κ1) is 29.2. The van der Waals surface area contributed by atoms with Crippen molar-refractivity contribution >= 4 is 43.1 Å². The van der Waals surface area contributed by atoms with Crippen LogP contribution in [-0.4, -0.2) is 84.5 Å². The summed E-state index contributed by atoms with van der Waals surface area (Å²) in [4.78, 5) is 19.0. The average molecular weight is 673 g/mol. The fraction of sp³-hybridized carbons (Fsp3) is 0.529. The minimum Gasteiger partial charge on any atom is -0.463 e. The van der Waals surface area contributed by atoms with E-state index in [-0.39, 0.29) is 74.1 Å². The lowest BCUT2D eigenvalue weighted by Crippen LogP contribution is -2.66. The van der Waals surface area contributed by atoms with Gasteiger partial charge in [0.1, 0.15) is 22.4 Å². The molecule has 2 unspecified atom stereocenters. The van der Waals surface area contributed by atoms with Crippen LogP contribution in [0.25, 0.3) is 32.2 Å². The van der Waals surface area contributed by atoms with Crippen molar-refractivity contribution in [1.82, 2.24) is 25.2 Å². The van der Waals surface area contributed by atoms with Gasteiger partial charge in [-0.1, -0.05) is 0 Å². The van der Waals surface area contributed by atoms with Crippen LogP contribution in [0.3, 0.4) is 0 Å². The standard InChI is InChI=1S/C34H34F2N8O3S/c35-22-8-40-27(24-19(5-37)30(38)48-29(22)24)23-20-9-45-10-21(20)25-28(26(23)36)41-32(42-31(25)44-17-1-2-18(44)7-39-6-17)47-16-33(3-4-33)11-43-12-34(13-43)14-46-15-34/h8,17-18,39H,1-4,6-7,9-16,38H2. The van der Waals surface area contributed by atoms with Crippen LogP contribution >= 0.6 is 11.3 Å². The summed E-state index contributed by atoms with van der Waals surface area (Å²) in [6, 6.07) is 2.66. The molecule has 5 fully saturated rings. The molecule has 4 saturated heterocycles. The van der Waals surface area contributed by atoms with Crippen LogP contribution in [-0.2, 0) is 22.7 Å². The number of aromatic nitrogens is 3.